The highest BCUT2D eigenvalue weighted by atomic mass is 32.1. The van der Waals surface area contributed by atoms with Gasteiger partial charge in [-0.1, -0.05) is 24.3 Å². The van der Waals surface area contributed by atoms with Gasteiger partial charge in [-0.25, -0.2) is 0 Å². The molecule has 0 atom stereocenters. The maximum absolute atomic E-state index is 12.6. The molecule has 3 rings (SSSR count). The average Bonchev–Trinajstić information content (AvgIpc) is 3.22. The van der Waals surface area contributed by atoms with Crippen molar-refractivity contribution in [3.8, 4) is 10.4 Å². The second-order valence-electron chi connectivity index (χ2n) is 6.91. The third-order valence-corrected chi connectivity index (χ3v) is 5.31. The molecule has 6 heteroatoms. The fraction of sp³-hybridized carbons (Fsp3) is 0.227. The van der Waals surface area contributed by atoms with E-state index in [9.17, 15) is 4.79 Å². The lowest BCUT2D eigenvalue weighted by atomic mass is 10.1. The largest absolute Gasteiger partial charge is 0.397 e. The van der Waals surface area contributed by atoms with Crippen LogP contribution in [0.4, 0.5) is 11.4 Å². The van der Waals surface area contributed by atoms with Crippen molar-refractivity contribution in [2.24, 2.45) is 0 Å². The molecular weight excluding hydrogens is 368 g/mol. The van der Waals surface area contributed by atoms with Gasteiger partial charge in [0.25, 0.3) is 5.91 Å². The van der Waals surface area contributed by atoms with Crippen LogP contribution in [0.3, 0.4) is 0 Å². The summed E-state index contributed by atoms with van der Waals surface area (Å²) in [6.45, 7) is 2.70. The summed E-state index contributed by atoms with van der Waals surface area (Å²) >= 11 is 1.65. The standard InChI is InChI=1S/C22H26N4OS/c1-26(2)12-11-24-15-16-5-7-17(8-6-16)22(27)25-20-14-18(9-10-19(20)23)21-4-3-13-28-21/h3-10,13-14,24H,11-12,15,23H2,1-2H3,(H,25,27). The number of nitrogens with one attached hydrogen (secondary N) is 2. The highest BCUT2D eigenvalue weighted by Gasteiger charge is 2.10. The predicted molar refractivity (Wildman–Crippen MR) is 119 cm³/mol. The molecule has 1 aromatic heterocycles. The first-order chi connectivity index (χ1) is 13.5. The van der Waals surface area contributed by atoms with Gasteiger partial charge in [0.1, 0.15) is 0 Å². The molecule has 0 aliphatic heterocycles. The SMILES string of the molecule is CN(C)CCNCc1ccc(C(=O)Nc2cc(-c3cccs3)ccc2N)cc1. The van der Waals surface area contributed by atoms with Crippen molar-refractivity contribution in [3.05, 3.63) is 71.1 Å². The zero-order valence-electron chi connectivity index (χ0n) is 16.2. The van der Waals surface area contributed by atoms with Gasteiger partial charge in [0.05, 0.1) is 11.4 Å². The second-order valence-corrected chi connectivity index (χ2v) is 7.86. The number of rotatable bonds is 8. The molecule has 146 valence electrons. The lowest BCUT2D eigenvalue weighted by Gasteiger charge is -2.11. The number of anilines is 2. The van der Waals surface area contributed by atoms with Crippen molar-refractivity contribution in [2.75, 3.05) is 38.2 Å². The molecule has 0 bridgehead atoms. The van der Waals surface area contributed by atoms with E-state index in [-0.39, 0.29) is 5.91 Å². The van der Waals surface area contributed by atoms with E-state index < -0.39 is 0 Å². The zero-order valence-corrected chi connectivity index (χ0v) is 17.1. The lowest BCUT2D eigenvalue weighted by molar-refractivity contribution is 0.102. The minimum absolute atomic E-state index is 0.165. The summed E-state index contributed by atoms with van der Waals surface area (Å²) in [6.07, 6.45) is 0. The van der Waals surface area contributed by atoms with E-state index >= 15 is 0 Å². The van der Waals surface area contributed by atoms with Crippen LogP contribution in [-0.4, -0.2) is 38.0 Å². The Morgan fingerprint density at radius 1 is 1.11 bits per heavy atom. The maximum Gasteiger partial charge on any atom is 0.255 e. The Bertz CT molecular complexity index is 905. The Hall–Kier alpha value is -2.67. The Morgan fingerprint density at radius 3 is 2.57 bits per heavy atom. The molecule has 2 aromatic carbocycles. The maximum atomic E-state index is 12.6. The van der Waals surface area contributed by atoms with Crippen LogP contribution in [0.25, 0.3) is 10.4 Å². The lowest BCUT2D eigenvalue weighted by Crippen LogP contribution is -2.26. The van der Waals surface area contributed by atoms with Crippen LogP contribution in [0.5, 0.6) is 0 Å². The van der Waals surface area contributed by atoms with Gasteiger partial charge in [0, 0.05) is 30.1 Å². The molecule has 3 aromatic rings. The van der Waals surface area contributed by atoms with Gasteiger partial charge in [-0.2, -0.15) is 0 Å². The molecule has 0 radical (unpaired) electrons. The highest BCUT2D eigenvalue weighted by molar-refractivity contribution is 7.13. The first-order valence-electron chi connectivity index (χ1n) is 9.22. The number of likely N-dealkylation sites (N-methyl/N-ethyl adjacent to an activating group) is 1. The van der Waals surface area contributed by atoms with E-state index in [0.717, 1.165) is 35.6 Å². The van der Waals surface area contributed by atoms with E-state index in [1.807, 2.05) is 60.0 Å². The highest BCUT2D eigenvalue weighted by Crippen LogP contribution is 2.30. The van der Waals surface area contributed by atoms with Crippen molar-refractivity contribution >= 4 is 28.6 Å². The zero-order chi connectivity index (χ0) is 19.9. The smallest absolute Gasteiger partial charge is 0.255 e. The van der Waals surface area contributed by atoms with Crippen molar-refractivity contribution in [1.29, 1.82) is 0 Å². The van der Waals surface area contributed by atoms with Crippen molar-refractivity contribution < 1.29 is 4.79 Å². The molecule has 4 N–H and O–H groups in total. The summed E-state index contributed by atoms with van der Waals surface area (Å²) in [5.41, 5.74) is 10.0. The molecule has 5 nitrogen and oxygen atoms in total. The number of nitrogens with two attached hydrogens (primary N) is 1. The first-order valence-corrected chi connectivity index (χ1v) is 10.1. The Labute approximate surface area is 170 Å². The molecule has 0 aliphatic rings. The van der Waals surface area contributed by atoms with Gasteiger partial charge in [0.15, 0.2) is 0 Å². The number of carbonyl (C=O) groups excluding carboxylic acids is 1. The van der Waals surface area contributed by atoms with E-state index in [0.29, 0.717) is 16.9 Å². The van der Waals surface area contributed by atoms with Crippen LogP contribution >= 0.6 is 11.3 Å². The summed E-state index contributed by atoms with van der Waals surface area (Å²) < 4.78 is 0. The number of nitrogen functional groups attached to an aromatic ring is 1. The molecular formula is C22H26N4OS. The number of hydrogen-bond donors (Lipinski definition) is 3. The van der Waals surface area contributed by atoms with Gasteiger partial charge < -0.3 is 21.3 Å². The van der Waals surface area contributed by atoms with E-state index in [1.54, 1.807) is 11.3 Å². The molecule has 0 aliphatic carbocycles. The normalized spacial score (nSPS) is 11.0. The Morgan fingerprint density at radius 2 is 1.89 bits per heavy atom. The molecule has 0 saturated carbocycles. The molecule has 28 heavy (non-hydrogen) atoms. The van der Waals surface area contributed by atoms with E-state index in [1.165, 1.54) is 0 Å². The monoisotopic (exact) mass is 394 g/mol. The minimum atomic E-state index is -0.165. The summed E-state index contributed by atoms with van der Waals surface area (Å²) in [4.78, 5) is 15.9. The van der Waals surface area contributed by atoms with Crippen molar-refractivity contribution in [1.82, 2.24) is 10.2 Å². The van der Waals surface area contributed by atoms with Crippen LogP contribution in [-0.2, 0) is 6.54 Å². The summed E-state index contributed by atoms with van der Waals surface area (Å²) in [6, 6.07) is 17.4. The number of thiophene rings is 1. The average molecular weight is 395 g/mol. The second kappa shape index (κ2) is 9.50. The number of carbonyl (C=O) groups is 1. The number of amides is 1. The Kier molecular flexibility index (Phi) is 6.81. The molecule has 0 spiro atoms. The molecule has 1 heterocycles. The van der Waals surface area contributed by atoms with Gasteiger partial charge in [-0.15, -0.1) is 11.3 Å². The Balaban J connectivity index is 1.62. The third kappa shape index (κ3) is 5.42. The van der Waals surface area contributed by atoms with Crippen molar-refractivity contribution in [3.63, 3.8) is 0 Å². The van der Waals surface area contributed by atoms with Crippen LogP contribution in [0, 0.1) is 0 Å². The van der Waals surface area contributed by atoms with Crippen LogP contribution in [0.2, 0.25) is 0 Å². The van der Waals surface area contributed by atoms with Crippen molar-refractivity contribution in [2.45, 2.75) is 6.54 Å². The third-order valence-electron chi connectivity index (χ3n) is 4.39. The fourth-order valence-corrected chi connectivity index (χ4v) is 3.49. The number of nitrogens with zero attached hydrogens (tertiary/aromatic N) is 1. The van der Waals surface area contributed by atoms with Crippen LogP contribution in [0.15, 0.2) is 60.0 Å². The minimum Gasteiger partial charge on any atom is -0.397 e. The molecule has 0 saturated heterocycles. The van der Waals surface area contributed by atoms with Gasteiger partial charge >= 0.3 is 0 Å². The van der Waals surface area contributed by atoms with E-state index in [2.05, 4.69) is 29.6 Å². The molecule has 0 fully saturated rings. The van der Waals surface area contributed by atoms with Crippen LogP contribution < -0.4 is 16.4 Å². The van der Waals surface area contributed by atoms with Gasteiger partial charge in [0.2, 0.25) is 0 Å². The predicted octanol–water partition coefficient (Wildman–Crippen LogP) is 3.90. The van der Waals surface area contributed by atoms with E-state index in [4.69, 9.17) is 5.73 Å². The number of benzene rings is 2. The fourth-order valence-electron chi connectivity index (χ4n) is 2.76. The van der Waals surface area contributed by atoms with Crippen LogP contribution in [0.1, 0.15) is 15.9 Å². The topological polar surface area (TPSA) is 70.4 Å². The molecule has 1 amide bonds. The number of hydrogen-bond acceptors (Lipinski definition) is 5. The summed E-state index contributed by atoms with van der Waals surface area (Å²) in [7, 11) is 4.11. The molecule has 0 unspecified atom stereocenters. The summed E-state index contributed by atoms with van der Waals surface area (Å²) in [5, 5.41) is 8.35. The quantitative estimate of drug-likeness (QED) is 0.400. The van der Waals surface area contributed by atoms with Gasteiger partial charge in [-0.05, 0) is 60.9 Å². The summed E-state index contributed by atoms with van der Waals surface area (Å²) in [5.74, 6) is -0.165. The van der Waals surface area contributed by atoms with Gasteiger partial charge in [-0.3, -0.25) is 4.79 Å². The first kappa shape index (κ1) is 20.1.